The minimum absolute atomic E-state index is 0.131. The van der Waals surface area contributed by atoms with Crippen LogP contribution >= 0.6 is 0 Å². The van der Waals surface area contributed by atoms with Gasteiger partial charge in [0.15, 0.2) is 0 Å². The van der Waals surface area contributed by atoms with Crippen LogP contribution in [0.25, 0.3) is 0 Å². The Labute approximate surface area is 240 Å². The van der Waals surface area contributed by atoms with E-state index in [0.29, 0.717) is 24.6 Å². The third-order valence-electron chi connectivity index (χ3n) is 7.97. The smallest absolute Gasteiger partial charge is 0.337 e. The lowest BCUT2D eigenvalue weighted by Crippen LogP contribution is -2.47. The first-order chi connectivity index (χ1) is 19.6. The van der Waals surface area contributed by atoms with Gasteiger partial charge in [0.25, 0.3) is 0 Å². The Morgan fingerprint density at radius 1 is 1.10 bits per heavy atom. The standard InChI is InChI=1S/C31H38N4O6/c1-18(35-13-11-21(12-14-35)22-7-6-10-25(16-22)41-4)17-32-31(40)34-24-9-5-8-23(15-24)28-26(29(36)37)19(2)33-20(3)27(28)30(38)39/h5-8,10,15-16,18,21,23H,9,11-14,17H2,1-4H3,(H,36,37)(H,38,39)(H2,32,34,40). The van der Waals surface area contributed by atoms with Gasteiger partial charge < -0.3 is 25.6 Å². The molecular weight excluding hydrogens is 524 g/mol. The van der Waals surface area contributed by atoms with E-state index >= 15 is 0 Å². The monoisotopic (exact) mass is 562 g/mol. The van der Waals surface area contributed by atoms with Crippen molar-refractivity contribution in [3.05, 3.63) is 81.8 Å². The number of rotatable bonds is 9. The highest BCUT2D eigenvalue weighted by Crippen LogP contribution is 2.34. The van der Waals surface area contributed by atoms with Crippen LogP contribution in [0.1, 0.15) is 81.3 Å². The summed E-state index contributed by atoms with van der Waals surface area (Å²) in [6.07, 6.45) is 7.78. The second kappa shape index (κ2) is 13.0. The van der Waals surface area contributed by atoms with Crippen LogP contribution in [0.15, 0.2) is 48.2 Å². The molecule has 10 heteroatoms. The van der Waals surface area contributed by atoms with Crippen molar-refractivity contribution >= 4 is 18.0 Å². The van der Waals surface area contributed by atoms with Gasteiger partial charge in [-0.05, 0) is 75.9 Å². The van der Waals surface area contributed by atoms with Crippen molar-refractivity contribution in [2.45, 2.75) is 57.9 Å². The molecule has 10 nitrogen and oxygen atoms in total. The zero-order chi connectivity index (χ0) is 29.7. The van der Waals surface area contributed by atoms with Crippen LogP contribution < -0.4 is 15.4 Å². The number of aromatic carboxylic acids is 2. The predicted molar refractivity (Wildman–Crippen MR) is 155 cm³/mol. The Bertz CT molecular complexity index is 1340. The fourth-order valence-corrected chi connectivity index (χ4v) is 5.83. The number of carbonyl (C=O) groups excluding carboxylic acids is 1. The molecule has 2 unspecified atom stereocenters. The van der Waals surface area contributed by atoms with Crippen molar-refractivity contribution < 1.29 is 29.3 Å². The molecule has 2 amide bonds. The lowest BCUT2D eigenvalue weighted by molar-refractivity contribution is 0.0693. The number of hydrogen-bond acceptors (Lipinski definition) is 6. The van der Waals surface area contributed by atoms with Gasteiger partial charge in [0.2, 0.25) is 0 Å². The molecule has 0 bridgehead atoms. The van der Waals surface area contributed by atoms with Crippen molar-refractivity contribution in [2.24, 2.45) is 0 Å². The second-order valence-corrected chi connectivity index (χ2v) is 10.7. The summed E-state index contributed by atoms with van der Waals surface area (Å²) in [6.45, 7) is 7.55. The molecule has 218 valence electrons. The summed E-state index contributed by atoms with van der Waals surface area (Å²) in [5.74, 6) is -1.76. The molecule has 1 aliphatic heterocycles. The highest BCUT2D eigenvalue weighted by molar-refractivity contribution is 5.98. The van der Waals surface area contributed by atoms with Gasteiger partial charge in [-0.3, -0.25) is 9.88 Å². The van der Waals surface area contributed by atoms with E-state index < -0.39 is 17.9 Å². The normalized spacial score (nSPS) is 18.3. The molecule has 2 heterocycles. The van der Waals surface area contributed by atoms with Gasteiger partial charge in [-0.25, -0.2) is 14.4 Å². The van der Waals surface area contributed by atoms with E-state index in [9.17, 15) is 24.6 Å². The van der Waals surface area contributed by atoms with Gasteiger partial charge in [0, 0.05) is 30.6 Å². The van der Waals surface area contributed by atoms with E-state index in [4.69, 9.17) is 4.74 Å². The summed E-state index contributed by atoms with van der Waals surface area (Å²) >= 11 is 0. The molecule has 1 aromatic heterocycles. The first kappa shape index (κ1) is 29.8. The Balaban J connectivity index is 1.36. The number of nitrogens with one attached hydrogen (secondary N) is 2. The maximum absolute atomic E-state index is 12.8. The SMILES string of the molecule is COc1cccc(C2CCN(C(C)CNC(=O)NC3=CC(c4c(C(=O)O)c(C)nc(C)c4C(=O)O)C=CC3)CC2)c1. The molecule has 2 atom stereocenters. The van der Waals surface area contributed by atoms with E-state index in [0.717, 1.165) is 31.7 Å². The van der Waals surface area contributed by atoms with Gasteiger partial charge in [-0.1, -0.05) is 30.4 Å². The van der Waals surface area contributed by atoms with Gasteiger partial charge in [0.1, 0.15) is 5.75 Å². The summed E-state index contributed by atoms with van der Waals surface area (Å²) in [6, 6.07) is 8.04. The number of methoxy groups -OCH3 is 1. The number of carbonyl (C=O) groups is 3. The summed E-state index contributed by atoms with van der Waals surface area (Å²) in [5, 5.41) is 25.5. The molecule has 0 saturated carbocycles. The Hall–Kier alpha value is -4.18. The summed E-state index contributed by atoms with van der Waals surface area (Å²) in [7, 11) is 1.68. The van der Waals surface area contributed by atoms with Crippen molar-refractivity contribution in [3.8, 4) is 5.75 Å². The van der Waals surface area contributed by atoms with E-state index in [-0.39, 0.29) is 40.2 Å². The molecule has 1 fully saturated rings. The largest absolute Gasteiger partial charge is 0.497 e. The van der Waals surface area contributed by atoms with Crippen LogP contribution in [-0.2, 0) is 0 Å². The minimum atomic E-state index is -1.24. The van der Waals surface area contributed by atoms with Crippen LogP contribution in [0.4, 0.5) is 4.79 Å². The van der Waals surface area contributed by atoms with Gasteiger partial charge in [0.05, 0.1) is 29.6 Å². The van der Waals surface area contributed by atoms with Gasteiger partial charge >= 0.3 is 18.0 Å². The van der Waals surface area contributed by atoms with Crippen molar-refractivity contribution in [1.82, 2.24) is 20.5 Å². The average Bonchev–Trinajstić information content (AvgIpc) is 2.95. The lowest BCUT2D eigenvalue weighted by Gasteiger charge is -2.36. The van der Waals surface area contributed by atoms with Crippen molar-refractivity contribution in [3.63, 3.8) is 0 Å². The fraction of sp³-hybridized carbons (Fsp3) is 0.419. The van der Waals surface area contributed by atoms with Crippen LogP contribution in [0.2, 0.25) is 0 Å². The molecule has 0 spiro atoms. The quantitative estimate of drug-likeness (QED) is 0.325. The van der Waals surface area contributed by atoms with Crippen LogP contribution in [0.3, 0.4) is 0 Å². The predicted octanol–water partition coefficient (Wildman–Crippen LogP) is 4.60. The maximum Gasteiger partial charge on any atom is 0.337 e. The number of aryl methyl sites for hydroxylation is 2. The van der Waals surface area contributed by atoms with Crippen molar-refractivity contribution in [2.75, 3.05) is 26.7 Å². The Morgan fingerprint density at radius 2 is 1.76 bits per heavy atom. The zero-order valence-corrected chi connectivity index (χ0v) is 23.9. The first-order valence-corrected chi connectivity index (χ1v) is 13.9. The number of carboxylic acids is 2. The molecule has 1 saturated heterocycles. The topological polar surface area (TPSA) is 141 Å². The van der Waals surface area contributed by atoms with E-state index in [1.807, 2.05) is 12.1 Å². The van der Waals surface area contributed by atoms with Crippen LogP contribution in [0.5, 0.6) is 5.75 Å². The molecule has 1 aromatic carbocycles. The molecule has 41 heavy (non-hydrogen) atoms. The number of pyridine rings is 1. The summed E-state index contributed by atoms with van der Waals surface area (Å²) in [4.78, 5) is 43.4. The number of amides is 2. The number of carboxylic acid groups (broad SMARTS) is 2. The summed E-state index contributed by atoms with van der Waals surface area (Å²) in [5.41, 5.74) is 2.26. The second-order valence-electron chi connectivity index (χ2n) is 10.7. The van der Waals surface area contributed by atoms with E-state index in [1.165, 1.54) is 5.56 Å². The van der Waals surface area contributed by atoms with Crippen molar-refractivity contribution in [1.29, 1.82) is 0 Å². The number of benzene rings is 1. The maximum atomic E-state index is 12.8. The number of likely N-dealkylation sites (tertiary alicyclic amines) is 1. The van der Waals surface area contributed by atoms with Gasteiger partial charge in [-0.2, -0.15) is 0 Å². The number of allylic oxidation sites excluding steroid dienone is 3. The summed E-state index contributed by atoms with van der Waals surface area (Å²) < 4.78 is 5.37. The van der Waals surface area contributed by atoms with E-state index in [1.54, 1.807) is 39.2 Å². The van der Waals surface area contributed by atoms with Crippen LogP contribution in [-0.4, -0.2) is 70.9 Å². The third-order valence-corrected chi connectivity index (χ3v) is 7.97. The number of urea groups is 1. The minimum Gasteiger partial charge on any atom is -0.497 e. The average molecular weight is 563 g/mol. The zero-order valence-electron chi connectivity index (χ0n) is 23.9. The number of hydrogen-bond donors (Lipinski definition) is 4. The number of piperidine rings is 1. The number of nitrogens with zero attached hydrogens (tertiary/aromatic N) is 2. The van der Waals surface area contributed by atoms with Gasteiger partial charge in [-0.15, -0.1) is 0 Å². The highest BCUT2D eigenvalue weighted by Gasteiger charge is 2.29. The molecule has 4 N–H and O–H groups in total. The molecule has 1 aliphatic carbocycles. The molecule has 2 aromatic rings. The number of ether oxygens (including phenoxy) is 1. The third kappa shape index (κ3) is 6.94. The fourth-order valence-electron chi connectivity index (χ4n) is 5.83. The highest BCUT2D eigenvalue weighted by atomic mass is 16.5. The molecule has 4 rings (SSSR count). The Morgan fingerprint density at radius 3 is 2.37 bits per heavy atom. The van der Waals surface area contributed by atoms with Crippen LogP contribution in [0, 0.1) is 13.8 Å². The molecule has 2 aliphatic rings. The lowest BCUT2D eigenvalue weighted by atomic mass is 9.85. The number of aromatic nitrogens is 1. The first-order valence-electron chi connectivity index (χ1n) is 13.9. The van der Waals surface area contributed by atoms with E-state index in [2.05, 4.69) is 39.6 Å². The molecular formula is C31H38N4O6. The molecule has 0 radical (unpaired) electrons. The Kier molecular flexibility index (Phi) is 9.44.